The minimum absolute atomic E-state index is 0.140. The number of anilines is 1. The van der Waals surface area contributed by atoms with Gasteiger partial charge in [0.05, 0.1) is 6.54 Å². The normalized spacial score (nSPS) is 10.7. The summed E-state index contributed by atoms with van der Waals surface area (Å²) in [5.74, 6) is -0.731. The number of nitrogens with one attached hydrogen (secondary N) is 3. The van der Waals surface area contributed by atoms with E-state index < -0.39 is 11.8 Å². The Morgan fingerprint density at radius 3 is 2.53 bits per heavy atom. The molecule has 0 fully saturated rings. The molecule has 0 aliphatic heterocycles. The number of carbonyl (C=O) groups is 2. The van der Waals surface area contributed by atoms with Gasteiger partial charge in [-0.25, -0.2) is 9.18 Å². The highest BCUT2D eigenvalue weighted by atomic mass is 19.1. The third-order valence-corrected chi connectivity index (χ3v) is 2.01. The molecule has 3 N–H and O–H groups in total. The molecular formula is C13H18FN3O2. The molecular weight excluding hydrogens is 249 g/mol. The van der Waals surface area contributed by atoms with Crippen molar-refractivity contribution in [1.29, 1.82) is 0 Å². The van der Waals surface area contributed by atoms with Crippen LogP contribution in [-0.2, 0) is 4.79 Å². The fraction of sp³-hybridized carbons (Fsp3) is 0.385. The predicted octanol–water partition coefficient (Wildman–Crippen LogP) is 1.86. The van der Waals surface area contributed by atoms with Crippen molar-refractivity contribution in [3.05, 3.63) is 30.1 Å². The van der Waals surface area contributed by atoms with Gasteiger partial charge in [0.15, 0.2) is 0 Å². The lowest BCUT2D eigenvalue weighted by molar-refractivity contribution is -0.121. The molecule has 104 valence electrons. The summed E-state index contributed by atoms with van der Waals surface area (Å²) in [6.45, 7) is 5.39. The van der Waals surface area contributed by atoms with Crippen LogP contribution in [0.15, 0.2) is 24.3 Å². The number of urea groups is 1. The Morgan fingerprint density at radius 2 is 1.95 bits per heavy atom. The van der Waals surface area contributed by atoms with E-state index in [2.05, 4.69) is 16.0 Å². The molecule has 19 heavy (non-hydrogen) atoms. The molecule has 0 unspecified atom stereocenters. The highest BCUT2D eigenvalue weighted by Gasteiger charge is 2.14. The maximum Gasteiger partial charge on any atom is 0.319 e. The van der Waals surface area contributed by atoms with E-state index >= 15 is 0 Å². The van der Waals surface area contributed by atoms with Crippen LogP contribution in [0.1, 0.15) is 20.8 Å². The van der Waals surface area contributed by atoms with Crippen LogP contribution in [0.5, 0.6) is 0 Å². The van der Waals surface area contributed by atoms with Crippen molar-refractivity contribution in [1.82, 2.24) is 10.6 Å². The van der Waals surface area contributed by atoms with Gasteiger partial charge < -0.3 is 16.0 Å². The Morgan fingerprint density at radius 1 is 1.26 bits per heavy atom. The molecule has 0 heterocycles. The average molecular weight is 267 g/mol. The molecule has 0 radical (unpaired) electrons. The van der Waals surface area contributed by atoms with Crippen molar-refractivity contribution >= 4 is 17.6 Å². The Hall–Kier alpha value is -2.11. The number of rotatable bonds is 3. The Kier molecular flexibility index (Phi) is 4.86. The minimum atomic E-state index is -0.561. The molecule has 0 atom stereocenters. The van der Waals surface area contributed by atoms with Crippen LogP contribution in [0.2, 0.25) is 0 Å². The van der Waals surface area contributed by atoms with Crippen LogP contribution < -0.4 is 16.0 Å². The number of carbonyl (C=O) groups excluding carboxylic acids is 2. The quantitative estimate of drug-likeness (QED) is 0.782. The van der Waals surface area contributed by atoms with Gasteiger partial charge in [-0.1, -0.05) is 6.07 Å². The van der Waals surface area contributed by atoms with Crippen molar-refractivity contribution in [2.24, 2.45) is 0 Å². The van der Waals surface area contributed by atoms with Gasteiger partial charge in [-0.15, -0.1) is 0 Å². The SMILES string of the molecule is CC(C)(C)NC(=O)CNC(=O)Nc1cccc(F)c1. The topological polar surface area (TPSA) is 70.2 Å². The van der Waals surface area contributed by atoms with Gasteiger partial charge in [0.25, 0.3) is 0 Å². The van der Waals surface area contributed by atoms with Crippen LogP contribution >= 0.6 is 0 Å². The lowest BCUT2D eigenvalue weighted by Gasteiger charge is -2.20. The van der Waals surface area contributed by atoms with Gasteiger partial charge in [-0.3, -0.25) is 4.79 Å². The van der Waals surface area contributed by atoms with Crippen LogP contribution in [0.3, 0.4) is 0 Å². The molecule has 0 aromatic heterocycles. The van der Waals surface area contributed by atoms with Gasteiger partial charge >= 0.3 is 6.03 Å². The molecule has 0 saturated carbocycles. The maximum atomic E-state index is 12.9. The fourth-order valence-electron chi connectivity index (χ4n) is 1.36. The monoisotopic (exact) mass is 267 g/mol. The third kappa shape index (κ3) is 6.40. The molecule has 0 aliphatic rings. The summed E-state index contributed by atoms with van der Waals surface area (Å²) in [6.07, 6.45) is 0. The van der Waals surface area contributed by atoms with E-state index in [9.17, 15) is 14.0 Å². The minimum Gasteiger partial charge on any atom is -0.350 e. The highest BCUT2D eigenvalue weighted by molar-refractivity contribution is 5.92. The van der Waals surface area contributed by atoms with Crippen molar-refractivity contribution in [3.63, 3.8) is 0 Å². The molecule has 5 nitrogen and oxygen atoms in total. The number of amides is 3. The van der Waals surface area contributed by atoms with Crippen molar-refractivity contribution in [2.45, 2.75) is 26.3 Å². The summed E-state index contributed by atoms with van der Waals surface area (Å²) in [5, 5.41) is 7.53. The zero-order valence-electron chi connectivity index (χ0n) is 11.2. The molecule has 1 rings (SSSR count). The van der Waals surface area contributed by atoms with Crippen molar-refractivity contribution < 1.29 is 14.0 Å². The summed E-state index contributed by atoms with van der Waals surface area (Å²) in [7, 11) is 0. The van der Waals surface area contributed by atoms with Crippen molar-refractivity contribution in [2.75, 3.05) is 11.9 Å². The first-order chi connectivity index (χ1) is 8.76. The largest absolute Gasteiger partial charge is 0.350 e. The summed E-state index contributed by atoms with van der Waals surface area (Å²) >= 11 is 0. The second-order valence-corrected chi connectivity index (χ2v) is 5.12. The molecule has 0 spiro atoms. The molecule has 0 saturated heterocycles. The van der Waals surface area contributed by atoms with E-state index in [1.165, 1.54) is 18.2 Å². The lowest BCUT2D eigenvalue weighted by Crippen LogP contribution is -2.46. The van der Waals surface area contributed by atoms with Gasteiger partial charge in [0.1, 0.15) is 5.82 Å². The predicted molar refractivity (Wildman–Crippen MR) is 71.3 cm³/mol. The molecule has 1 aromatic carbocycles. The van der Waals surface area contributed by atoms with E-state index in [0.29, 0.717) is 5.69 Å². The summed E-state index contributed by atoms with van der Waals surface area (Å²) < 4.78 is 12.9. The van der Waals surface area contributed by atoms with Crippen LogP contribution in [0, 0.1) is 5.82 Å². The molecule has 6 heteroatoms. The van der Waals surface area contributed by atoms with Crippen LogP contribution in [-0.4, -0.2) is 24.0 Å². The first-order valence-electron chi connectivity index (χ1n) is 5.88. The summed E-state index contributed by atoms with van der Waals surface area (Å²) in [5.41, 5.74) is -0.0219. The Labute approximate surface area is 111 Å². The zero-order chi connectivity index (χ0) is 14.5. The van der Waals surface area contributed by atoms with E-state index in [1.807, 2.05) is 20.8 Å². The molecule has 0 bridgehead atoms. The number of hydrogen-bond acceptors (Lipinski definition) is 2. The molecule has 1 aromatic rings. The molecule has 0 aliphatic carbocycles. The fourth-order valence-corrected chi connectivity index (χ4v) is 1.36. The number of hydrogen-bond donors (Lipinski definition) is 3. The Balaban J connectivity index is 2.38. The maximum absolute atomic E-state index is 12.9. The van der Waals surface area contributed by atoms with E-state index in [4.69, 9.17) is 0 Å². The van der Waals surface area contributed by atoms with Crippen molar-refractivity contribution in [3.8, 4) is 0 Å². The first-order valence-corrected chi connectivity index (χ1v) is 5.88. The summed E-state index contributed by atoms with van der Waals surface area (Å²) in [4.78, 5) is 22.9. The van der Waals surface area contributed by atoms with Gasteiger partial charge in [-0.05, 0) is 39.0 Å². The highest BCUT2D eigenvalue weighted by Crippen LogP contribution is 2.08. The second-order valence-electron chi connectivity index (χ2n) is 5.12. The lowest BCUT2D eigenvalue weighted by atomic mass is 10.1. The smallest absolute Gasteiger partial charge is 0.319 e. The average Bonchev–Trinajstić information content (AvgIpc) is 2.24. The second kappa shape index (κ2) is 6.17. The zero-order valence-corrected chi connectivity index (χ0v) is 11.2. The standard InChI is InChI=1S/C13H18FN3O2/c1-13(2,3)17-11(18)8-15-12(19)16-10-6-4-5-9(14)7-10/h4-7H,8H2,1-3H3,(H,17,18)(H2,15,16,19). The van der Waals surface area contributed by atoms with E-state index in [-0.39, 0.29) is 18.0 Å². The number of halogens is 1. The van der Waals surface area contributed by atoms with Crippen LogP contribution in [0.4, 0.5) is 14.9 Å². The van der Waals surface area contributed by atoms with Gasteiger partial charge in [0, 0.05) is 11.2 Å². The first kappa shape index (κ1) is 14.9. The number of benzene rings is 1. The summed E-state index contributed by atoms with van der Waals surface area (Å²) in [6, 6.07) is 4.94. The van der Waals surface area contributed by atoms with E-state index in [0.717, 1.165) is 0 Å². The third-order valence-electron chi connectivity index (χ3n) is 2.01. The van der Waals surface area contributed by atoms with E-state index in [1.54, 1.807) is 6.07 Å². The van der Waals surface area contributed by atoms with Gasteiger partial charge in [-0.2, -0.15) is 0 Å². The van der Waals surface area contributed by atoms with Gasteiger partial charge in [0.2, 0.25) is 5.91 Å². The van der Waals surface area contributed by atoms with Crippen LogP contribution in [0.25, 0.3) is 0 Å². The molecule has 3 amide bonds. The Bertz CT molecular complexity index is 469.